The van der Waals surface area contributed by atoms with E-state index >= 15 is 0 Å². The number of alkyl halides is 3. The van der Waals surface area contributed by atoms with Gasteiger partial charge in [0.15, 0.2) is 0 Å². The molecule has 0 unspecified atom stereocenters. The van der Waals surface area contributed by atoms with Gasteiger partial charge in [-0.25, -0.2) is 0 Å². The normalized spacial score (nSPS) is 12.0. The van der Waals surface area contributed by atoms with E-state index in [2.05, 4.69) is 5.10 Å². The molecule has 0 aliphatic rings. The molecule has 120 valence electrons. The zero-order chi connectivity index (χ0) is 16.4. The molecule has 0 bridgehead atoms. The average Bonchev–Trinajstić information content (AvgIpc) is 2.61. The Morgan fingerprint density at radius 1 is 1.43 bits per heavy atom. The van der Waals surface area contributed by atoms with Crippen molar-refractivity contribution < 1.29 is 18.0 Å². The molecule has 0 radical (unpaired) electrons. The number of carbonyl (C=O) groups excluding carboxylic acids is 1. The summed E-state index contributed by atoms with van der Waals surface area (Å²) in [4.78, 5) is 13.2. The van der Waals surface area contributed by atoms with Crippen LogP contribution in [0.1, 0.15) is 37.0 Å². The first-order chi connectivity index (χ1) is 9.56. The first-order valence-corrected chi connectivity index (χ1v) is 6.75. The van der Waals surface area contributed by atoms with Crippen molar-refractivity contribution >= 4 is 11.6 Å². The fraction of sp³-hybridized carbons (Fsp3) is 0.692. The Morgan fingerprint density at radius 3 is 2.43 bits per heavy atom. The smallest absolute Gasteiger partial charge is 0.395 e. The van der Waals surface area contributed by atoms with Crippen LogP contribution in [0, 0.1) is 12.8 Å². The monoisotopic (exact) mass is 306 g/mol. The second-order valence-electron chi connectivity index (χ2n) is 5.36. The fourth-order valence-corrected chi connectivity index (χ4v) is 2.08. The van der Waals surface area contributed by atoms with Crippen molar-refractivity contribution in [3.05, 3.63) is 11.4 Å². The van der Waals surface area contributed by atoms with Gasteiger partial charge in [0.05, 0.1) is 11.4 Å². The largest absolute Gasteiger partial charge is 0.406 e. The minimum Gasteiger partial charge on any atom is -0.395 e. The van der Waals surface area contributed by atoms with Crippen molar-refractivity contribution in [2.75, 3.05) is 18.8 Å². The molecule has 0 saturated carbocycles. The second kappa shape index (κ2) is 6.36. The van der Waals surface area contributed by atoms with E-state index < -0.39 is 18.6 Å². The van der Waals surface area contributed by atoms with Gasteiger partial charge in [-0.3, -0.25) is 9.48 Å². The third-order valence-electron chi connectivity index (χ3n) is 2.92. The first kappa shape index (κ1) is 17.3. The van der Waals surface area contributed by atoms with Gasteiger partial charge in [0.25, 0.3) is 5.91 Å². The summed E-state index contributed by atoms with van der Waals surface area (Å²) in [5.41, 5.74) is 6.41. The SMILES string of the molecule is CCn1nc(C)c(N)c1C(=O)N(CC(C)C)CC(F)(F)F. The third kappa shape index (κ3) is 4.37. The number of aryl methyl sites for hydroxylation is 2. The summed E-state index contributed by atoms with van der Waals surface area (Å²) in [6.45, 7) is 5.95. The van der Waals surface area contributed by atoms with Crippen LogP contribution in [0.15, 0.2) is 0 Å². The minimum absolute atomic E-state index is 0.00568. The van der Waals surface area contributed by atoms with Crippen LogP contribution in [0.5, 0.6) is 0 Å². The Bertz CT molecular complexity index is 508. The van der Waals surface area contributed by atoms with E-state index in [1.165, 1.54) is 4.68 Å². The van der Waals surface area contributed by atoms with Gasteiger partial charge in [-0.05, 0) is 19.8 Å². The maximum absolute atomic E-state index is 12.7. The molecule has 1 heterocycles. The zero-order valence-corrected chi connectivity index (χ0v) is 12.7. The van der Waals surface area contributed by atoms with Gasteiger partial charge in [0.1, 0.15) is 12.2 Å². The molecule has 1 aromatic rings. The highest BCUT2D eigenvalue weighted by molar-refractivity contribution is 5.98. The summed E-state index contributed by atoms with van der Waals surface area (Å²) >= 11 is 0. The zero-order valence-electron chi connectivity index (χ0n) is 12.7. The van der Waals surface area contributed by atoms with Crippen molar-refractivity contribution in [2.24, 2.45) is 5.92 Å². The topological polar surface area (TPSA) is 64.2 Å². The number of nitrogen functional groups attached to an aromatic ring is 1. The summed E-state index contributed by atoms with van der Waals surface area (Å²) in [7, 11) is 0. The number of nitrogens with two attached hydrogens (primary N) is 1. The molecule has 0 saturated heterocycles. The van der Waals surface area contributed by atoms with Crippen LogP contribution in [0.25, 0.3) is 0 Å². The summed E-state index contributed by atoms with van der Waals surface area (Å²) in [6, 6.07) is 0. The molecule has 1 aromatic heterocycles. The molecule has 21 heavy (non-hydrogen) atoms. The lowest BCUT2D eigenvalue weighted by atomic mass is 10.2. The van der Waals surface area contributed by atoms with E-state index in [1.54, 1.807) is 27.7 Å². The van der Waals surface area contributed by atoms with Crippen LogP contribution in [0.3, 0.4) is 0 Å². The quantitative estimate of drug-likeness (QED) is 0.909. The Kier molecular flexibility index (Phi) is 5.25. The molecule has 5 nitrogen and oxygen atoms in total. The molecule has 0 atom stereocenters. The highest BCUT2D eigenvalue weighted by Gasteiger charge is 2.35. The van der Waals surface area contributed by atoms with Gasteiger partial charge >= 0.3 is 6.18 Å². The second-order valence-corrected chi connectivity index (χ2v) is 5.36. The van der Waals surface area contributed by atoms with E-state index in [1.807, 2.05) is 0 Å². The lowest BCUT2D eigenvalue weighted by Gasteiger charge is -2.26. The highest BCUT2D eigenvalue weighted by atomic mass is 19.4. The van der Waals surface area contributed by atoms with E-state index in [4.69, 9.17) is 5.73 Å². The maximum Gasteiger partial charge on any atom is 0.406 e. The number of hydrogen-bond donors (Lipinski definition) is 1. The summed E-state index contributed by atoms with van der Waals surface area (Å²) in [5.74, 6) is -0.822. The standard InChI is InChI=1S/C13H21F3N4O/c1-5-20-11(10(17)9(4)18-20)12(21)19(6-8(2)3)7-13(14,15)16/h8H,5-7,17H2,1-4H3. The van der Waals surface area contributed by atoms with Gasteiger partial charge < -0.3 is 10.6 Å². The van der Waals surface area contributed by atoms with Crippen molar-refractivity contribution in [1.29, 1.82) is 0 Å². The Labute approximate surface area is 121 Å². The third-order valence-corrected chi connectivity index (χ3v) is 2.92. The number of anilines is 1. The summed E-state index contributed by atoms with van der Waals surface area (Å²) < 4.78 is 39.4. The summed E-state index contributed by atoms with van der Waals surface area (Å²) in [6.07, 6.45) is -4.45. The average molecular weight is 306 g/mol. The van der Waals surface area contributed by atoms with Gasteiger partial charge in [0.2, 0.25) is 0 Å². The predicted molar refractivity (Wildman–Crippen MR) is 73.8 cm³/mol. The number of nitrogens with zero attached hydrogens (tertiary/aromatic N) is 3. The van der Waals surface area contributed by atoms with Gasteiger partial charge in [-0.2, -0.15) is 18.3 Å². The Hall–Kier alpha value is -1.73. The van der Waals surface area contributed by atoms with Gasteiger partial charge in [-0.1, -0.05) is 13.8 Å². The minimum atomic E-state index is -4.45. The number of halogens is 3. The van der Waals surface area contributed by atoms with Crippen LogP contribution >= 0.6 is 0 Å². The van der Waals surface area contributed by atoms with E-state index in [0.717, 1.165) is 4.90 Å². The van der Waals surface area contributed by atoms with Crippen molar-refractivity contribution in [3.63, 3.8) is 0 Å². The molecule has 0 aromatic carbocycles. The number of hydrogen-bond acceptors (Lipinski definition) is 3. The van der Waals surface area contributed by atoms with Crippen LogP contribution in [0.2, 0.25) is 0 Å². The predicted octanol–water partition coefficient (Wildman–Crippen LogP) is 2.45. The number of carbonyl (C=O) groups is 1. The molecule has 1 rings (SSSR count). The van der Waals surface area contributed by atoms with Crippen molar-refractivity contribution in [1.82, 2.24) is 14.7 Å². The fourth-order valence-electron chi connectivity index (χ4n) is 2.08. The van der Waals surface area contributed by atoms with E-state index in [-0.39, 0.29) is 23.8 Å². The van der Waals surface area contributed by atoms with Crippen LogP contribution in [0.4, 0.5) is 18.9 Å². The Morgan fingerprint density at radius 2 is 2.00 bits per heavy atom. The number of aromatic nitrogens is 2. The molecule has 0 aliphatic heterocycles. The molecule has 1 amide bonds. The molecule has 0 aliphatic carbocycles. The molecule has 2 N–H and O–H groups in total. The molecular formula is C13H21F3N4O. The van der Waals surface area contributed by atoms with Crippen molar-refractivity contribution in [3.8, 4) is 0 Å². The van der Waals surface area contributed by atoms with Gasteiger partial charge in [-0.15, -0.1) is 0 Å². The van der Waals surface area contributed by atoms with E-state index in [9.17, 15) is 18.0 Å². The number of rotatable bonds is 5. The van der Waals surface area contributed by atoms with Crippen LogP contribution < -0.4 is 5.73 Å². The lowest BCUT2D eigenvalue weighted by molar-refractivity contribution is -0.141. The van der Waals surface area contributed by atoms with Gasteiger partial charge in [0, 0.05) is 13.1 Å². The van der Waals surface area contributed by atoms with Crippen molar-refractivity contribution in [2.45, 2.75) is 40.4 Å². The summed E-state index contributed by atoms with van der Waals surface area (Å²) in [5, 5.41) is 4.07. The highest BCUT2D eigenvalue weighted by Crippen LogP contribution is 2.23. The number of amides is 1. The Balaban J connectivity index is 3.16. The first-order valence-electron chi connectivity index (χ1n) is 6.75. The molecule has 0 fully saturated rings. The molecular weight excluding hydrogens is 285 g/mol. The van der Waals surface area contributed by atoms with Crippen LogP contribution in [-0.4, -0.2) is 39.9 Å². The molecule has 8 heteroatoms. The maximum atomic E-state index is 12.7. The van der Waals surface area contributed by atoms with E-state index in [0.29, 0.717) is 12.2 Å². The van der Waals surface area contributed by atoms with Crippen LogP contribution in [-0.2, 0) is 6.54 Å². The molecule has 0 spiro atoms. The lowest BCUT2D eigenvalue weighted by Crippen LogP contribution is -2.42.